The zero-order valence-corrected chi connectivity index (χ0v) is 9.84. The number of carbonyl (C=O) groups excluding carboxylic acids is 1. The van der Waals surface area contributed by atoms with E-state index >= 15 is 0 Å². The van der Waals surface area contributed by atoms with Gasteiger partial charge in [-0.3, -0.25) is 0 Å². The van der Waals surface area contributed by atoms with E-state index in [2.05, 4.69) is 0 Å². The number of anilines is 1. The Morgan fingerprint density at radius 2 is 2.25 bits per heavy atom. The molecule has 0 fully saturated rings. The van der Waals surface area contributed by atoms with E-state index in [1.807, 2.05) is 24.4 Å². The summed E-state index contributed by atoms with van der Waals surface area (Å²) < 4.78 is 6.02. The lowest BCUT2D eigenvalue weighted by molar-refractivity contribution is 0.0506. The van der Waals surface area contributed by atoms with E-state index in [1.54, 1.807) is 6.07 Å². The number of benzene rings is 1. The molecular formula is C12H13NO2S. The van der Waals surface area contributed by atoms with Crippen LogP contribution in [0.15, 0.2) is 23.6 Å². The first kappa shape index (κ1) is 11.0. The van der Waals surface area contributed by atoms with Crippen LogP contribution < -0.4 is 5.73 Å². The third-order valence-corrected chi connectivity index (χ3v) is 3.28. The Kier molecular flexibility index (Phi) is 3.10. The fourth-order valence-corrected chi connectivity index (χ4v) is 2.36. The van der Waals surface area contributed by atoms with Gasteiger partial charge < -0.3 is 10.5 Å². The van der Waals surface area contributed by atoms with Gasteiger partial charge in [0, 0.05) is 0 Å². The molecule has 0 aliphatic carbocycles. The van der Waals surface area contributed by atoms with Crippen LogP contribution >= 0.6 is 11.3 Å². The number of hydrogen-bond donors (Lipinski definition) is 1. The minimum atomic E-state index is -0.338. The fourth-order valence-electron chi connectivity index (χ4n) is 1.51. The summed E-state index contributed by atoms with van der Waals surface area (Å²) in [5, 5.41) is 3.02. The Morgan fingerprint density at radius 3 is 3.00 bits per heavy atom. The maximum atomic E-state index is 11.7. The molecule has 1 heterocycles. The van der Waals surface area contributed by atoms with Crippen LogP contribution in [-0.2, 0) is 4.74 Å². The zero-order valence-electron chi connectivity index (χ0n) is 9.03. The van der Waals surface area contributed by atoms with Crippen molar-refractivity contribution in [2.45, 2.75) is 13.3 Å². The van der Waals surface area contributed by atoms with E-state index in [0.717, 1.165) is 16.5 Å². The van der Waals surface area contributed by atoms with Gasteiger partial charge in [0.15, 0.2) is 0 Å². The maximum Gasteiger partial charge on any atom is 0.340 e. The highest BCUT2D eigenvalue weighted by Gasteiger charge is 2.13. The van der Waals surface area contributed by atoms with Crippen molar-refractivity contribution >= 4 is 33.1 Å². The van der Waals surface area contributed by atoms with Gasteiger partial charge in [0.05, 0.1) is 22.6 Å². The summed E-state index contributed by atoms with van der Waals surface area (Å²) in [6, 6.07) is 5.60. The Labute approximate surface area is 97.8 Å². The Hall–Kier alpha value is -1.55. The van der Waals surface area contributed by atoms with E-state index in [-0.39, 0.29) is 5.97 Å². The van der Waals surface area contributed by atoms with Crippen LogP contribution in [0, 0.1) is 0 Å². The average Bonchev–Trinajstić information content (AvgIpc) is 2.75. The van der Waals surface area contributed by atoms with E-state index in [1.165, 1.54) is 11.3 Å². The zero-order chi connectivity index (χ0) is 11.5. The van der Waals surface area contributed by atoms with Gasteiger partial charge in [-0.1, -0.05) is 13.0 Å². The van der Waals surface area contributed by atoms with Crippen LogP contribution in [0.5, 0.6) is 0 Å². The lowest BCUT2D eigenvalue weighted by Crippen LogP contribution is -2.08. The van der Waals surface area contributed by atoms with Crippen LogP contribution in [0.25, 0.3) is 10.1 Å². The summed E-state index contributed by atoms with van der Waals surface area (Å²) in [7, 11) is 0. The number of esters is 1. The topological polar surface area (TPSA) is 52.3 Å². The third kappa shape index (κ3) is 1.88. The first-order valence-corrected chi connectivity index (χ1v) is 6.04. The standard InChI is InChI=1S/C12H13NO2S/c1-2-6-15-12(14)9-4-3-8-5-7-16-11(8)10(9)13/h3-5,7H,2,6,13H2,1H3. The molecule has 3 nitrogen and oxygen atoms in total. The highest BCUT2D eigenvalue weighted by atomic mass is 32.1. The molecule has 2 N–H and O–H groups in total. The SMILES string of the molecule is CCCOC(=O)c1ccc2ccsc2c1N. The van der Waals surface area contributed by atoms with E-state index in [9.17, 15) is 4.79 Å². The quantitative estimate of drug-likeness (QED) is 0.657. The third-order valence-electron chi connectivity index (χ3n) is 2.32. The summed E-state index contributed by atoms with van der Waals surface area (Å²) in [6.07, 6.45) is 0.812. The van der Waals surface area contributed by atoms with Crippen molar-refractivity contribution in [3.63, 3.8) is 0 Å². The van der Waals surface area contributed by atoms with E-state index in [0.29, 0.717) is 17.9 Å². The molecule has 4 heteroatoms. The number of fused-ring (bicyclic) bond motifs is 1. The van der Waals surface area contributed by atoms with Gasteiger partial charge in [0.25, 0.3) is 0 Å². The average molecular weight is 235 g/mol. The fraction of sp³-hybridized carbons (Fsp3) is 0.250. The maximum absolute atomic E-state index is 11.7. The molecule has 16 heavy (non-hydrogen) atoms. The van der Waals surface area contributed by atoms with Crippen molar-refractivity contribution in [1.29, 1.82) is 0 Å². The minimum Gasteiger partial charge on any atom is -0.462 e. The molecule has 0 saturated heterocycles. The highest BCUT2D eigenvalue weighted by molar-refractivity contribution is 7.17. The summed E-state index contributed by atoms with van der Waals surface area (Å²) >= 11 is 1.54. The van der Waals surface area contributed by atoms with Crippen molar-refractivity contribution in [3.05, 3.63) is 29.1 Å². The van der Waals surface area contributed by atoms with Crippen LogP contribution in [-0.4, -0.2) is 12.6 Å². The van der Waals surface area contributed by atoms with Crippen LogP contribution in [0.2, 0.25) is 0 Å². The van der Waals surface area contributed by atoms with Gasteiger partial charge in [-0.25, -0.2) is 4.79 Å². The molecule has 1 aromatic heterocycles. The molecule has 0 radical (unpaired) electrons. The molecule has 0 aliphatic heterocycles. The normalized spacial score (nSPS) is 10.6. The van der Waals surface area contributed by atoms with Gasteiger partial charge in [0.2, 0.25) is 0 Å². The summed E-state index contributed by atoms with van der Waals surface area (Å²) in [5.74, 6) is -0.338. The molecule has 1 aromatic carbocycles. The molecule has 0 atom stereocenters. The van der Waals surface area contributed by atoms with Gasteiger partial charge in [0.1, 0.15) is 0 Å². The van der Waals surface area contributed by atoms with E-state index in [4.69, 9.17) is 10.5 Å². The molecule has 84 valence electrons. The van der Waals surface area contributed by atoms with Crippen molar-refractivity contribution in [3.8, 4) is 0 Å². The largest absolute Gasteiger partial charge is 0.462 e. The number of rotatable bonds is 3. The van der Waals surface area contributed by atoms with Gasteiger partial charge in [-0.05, 0) is 29.3 Å². The molecular weight excluding hydrogens is 222 g/mol. The van der Waals surface area contributed by atoms with Crippen molar-refractivity contribution < 1.29 is 9.53 Å². The van der Waals surface area contributed by atoms with Gasteiger partial charge in [-0.15, -0.1) is 11.3 Å². The molecule has 2 rings (SSSR count). The molecule has 0 spiro atoms. The predicted octanol–water partition coefficient (Wildman–Crippen LogP) is 3.05. The van der Waals surface area contributed by atoms with Crippen molar-refractivity contribution in [2.24, 2.45) is 0 Å². The highest BCUT2D eigenvalue weighted by Crippen LogP contribution is 2.29. The van der Waals surface area contributed by atoms with Crippen molar-refractivity contribution in [2.75, 3.05) is 12.3 Å². The predicted molar refractivity (Wildman–Crippen MR) is 66.8 cm³/mol. The minimum absolute atomic E-state index is 0.338. The number of hydrogen-bond acceptors (Lipinski definition) is 4. The Morgan fingerprint density at radius 1 is 1.44 bits per heavy atom. The summed E-state index contributed by atoms with van der Waals surface area (Å²) in [4.78, 5) is 11.7. The van der Waals surface area contributed by atoms with Crippen LogP contribution in [0.3, 0.4) is 0 Å². The first-order valence-electron chi connectivity index (χ1n) is 5.17. The first-order chi connectivity index (χ1) is 7.74. The number of thiophene rings is 1. The van der Waals surface area contributed by atoms with Crippen molar-refractivity contribution in [1.82, 2.24) is 0 Å². The smallest absolute Gasteiger partial charge is 0.340 e. The van der Waals surface area contributed by atoms with Crippen LogP contribution in [0.1, 0.15) is 23.7 Å². The molecule has 0 aliphatic rings. The second-order valence-corrected chi connectivity index (χ2v) is 4.42. The number of carbonyl (C=O) groups is 1. The Balaban J connectivity index is 2.37. The molecule has 2 aromatic rings. The van der Waals surface area contributed by atoms with E-state index < -0.39 is 0 Å². The molecule has 0 unspecified atom stereocenters. The lowest BCUT2D eigenvalue weighted by atomic mass is 10.1. The van der Waals surface area contributed by atoms with Crippen LogP contribution in [0.4, 0.5) is 5.69 Å². The number of nitrogen functional groups attached to an aromatic ring is 1. The number of ether oxygens (including phenoxy) is 1. The Bertz CT molecular complexity index is 519. The van der Waals surface area contributed by atoms with Gasteiger partial charge >= 0.3 is 5.97 Å². The number of nitrogens with two attached hydrogens (primary N) is 1. The second kappa shape index (κ2) is 4.53. The summed E-state index contributed by atoms with van der Waals surface area (Å²) in [5.41, 5.74) is 6.93. The lowest BCUT2D eigenvalue weighted by Gasteiger charge is -2.06. The molecule has 0 saturated carbocycles. The summed E-state index contributed by atoms with van der Waals surface area (Å²) in [6.45, 7) is 2.39. The van der Waals surface area contributed by atoms with Gasteiger partial charge in [-0.2, -0.15) is 0 Å². The molecule has 0 amide bonds. The molecule has 0 bridgehead atoms. The monoisotopic (exact) mass is 235 g/mol. The second-order valence-electron chi connectivity index (χ2n) is 3.50.